The number of carbonyl (C=O) groups is 2. The van der Waals surface area contributed by atoms with Crippen LogP contribution in [0.3, 0.4) is 0 Å². The summed E-state index contributed by atoms with van der Waals surface area (Å²) in [5.74, 6) is -1.51. The molecule has 0 bridgehead atoms. The largest absolute Gasteiger partial charge is 0.481 e. The molecule has 1 saturated carbocycles. The molecular formula is C15H17BrINO3. The van der Waals surface area contributed by atoms with E-state index >= 15 is 0 Å². The van der Waals surface area contributed by atoms with Crippen LogP contribution in [0.25, 0.3) is 0 Å². The van der Waals surface area contributed by atoms with Crippen LogP contribution < -0.4 is 5.32 Å². The quantitative estimate of drug-likeness (QED) is 0.526. The van der Waals surface area contributed by atoms with Crippen molar-refractivity contribution in [1.82, 2.24) is 5.32 Å². The Kier molecular flexibility index (Phi) is 6.04. The second-order valence-electron chi connectivity index (χ2n) is 5.29. The molecule has 114 valence electrons. The summed E-state index contributed by atoms with van der Waals surface area (Å²) >= 11 is 5.53. The third kappa shape index (κ3) is 4.42. The van der Waals surface area contributed by atoms with Gasteiger partial charge in [0.05, 0.1) is 11.5 Å². The lowest BCUT2D eigenvalue weighted by Crippen LogP contribution is -2.43. The van der Waals surface area contributed by atoms with Crippen LogP contribution in [0.4, 0.5) is 0 Å². The predicted octanol–water partition coefficient (Wildman–Crippen LogP) is 3.82. The number of carboxylic acid groups (broad SMARTS) is 1. The zero-order chi connectivity index (χ0) is 15.4. The zero-order valence-corrected chi connectivity index (χ0v) is 15.2. The Morgan fingerprint density at radius 2 is 1.95 bits per heavy atom. The van der Waals surface area contributed by atoms with Gasteiger partial charge in [-0.25, -0.2) is 0 Å². The lowest BCUT2D eigenvalue weighted by molar-refractivity contribution is -0.142. The monoisotopic (exact) mass is 465 g/mol. The van der Waals surface area contributed by atoms with E-state index in [1.54, 1.807) is 6.07 Å². The van der Waals surface area contributed by atoms with Crippen molar-refractivity contribution in [3.63, 3.8) is 0 Å². The molecule has 0 heterocycles. The minimum Gasteiger partial charge on any atom is -0.481 e. The Labute approximate surface area is 146 Å². The average molecular weight is 466 g/mol. The fourth-order valence-electron chi connectivity index (χ4n) is 2.69. The van der Waals surface area contributed by atoms with Gasteiger partial charge in [0.15, 0.2) is 0 Å². The molecule has 1 aromatic rings. The average Bonchev–Trinajstić information content (AvgIpc) is 2.67. The van der Waals surface area contributed by atoms with Crippen LogP contribution in [0.2, 0.25) is 0 Å². The summed E-state index contributed by atoms with van der Waals surface area (Å²) < 4.78 is 1.69. The summed E-state index contributed by atoms with van der Waals surface area (Å²) in [4.78, 5) is 23.8. The lowest BCUT2D eigenvalue weighted by Gasteiger charge is -2.23. The van der Waals surface area contributed by atoms with Gasteiger partial charge in [0.25, 0.3) is 5.91 Å². The molecule has 1 amide bonds. The van der Waals surface area contributed by atoms with Gasteiger partial charge in [-0.3, -0.25) is 9.59 Å². The van der Waals surface area contributed by atoms with Gasteiger partial charge in [0, 0.05) is 14.1 Å². The first-order valence-corrected chi connectivity index (χ1v) is 8.85. The van der Waals surface area contributed by atoms with Gasteiger partial charge in [-0.05, 0) is 69.6 Å². The third-order valence-electron chi connectivity index (χ3n) is 3.82. The van der Waals surface area contributed by atoms with E-state index in [0.29, 0.717) is 12.0 Å². The summed E-state index contributed by atoms with van der Waals surface area (Å²) in [6, 6.07) is 5.25. The fraction of sp³-hybridized carbons (Fsp3) is 0.467. The Balaban J connectivity index is 2.16. The van der Waals surface area contributed by atoms with Crippen LogP contribution in [0, 0.1) is 9.49 Å². The SMILES string of the molecule is O=C(NC1CCCCCC1C(=O)O)c1cc(I)ccc1Br. The zero-order valence-electron chi connectivity index (χ0n) is 11.4. The lowest BCUT2D eigenvalue weighted by atomic mass is 9.94. The van der Waals surface area contributed by atoms with Crippen molar-refractivity contribution >= 4 is 50.4 Å². The number of rotatable bonds is 3. The Bertz CT molecular complexity index is 550. The topological polar surface area (TPSA) is 66.4 Å². The van der Waals surface area contributed by atoms with E-state index < -0.39 is 11.9 Å². The Morgan fingerprint density at radius 3 is 2.67 bits per heavy atom. The van der Waals surface area contributed by atoms with Crippen molar-refractivity contribution in [2.45, 2.75) is 38.1 Å². The molecule has 2 unspecified atom stereocenters. The van der Waals surface area contributed by atoms with E-state index in [4.69, 9.17) is 0 Å². The van der Waals surface area contributed by atoms with Crippen LogP contribution in [-0.2, 0) is 4.79 Å². The minimum absolute atomic E-state index is 0.210. The first-order valence-electron chi connectivity index (χ1n) is 6.98. The van der Waals surface area contributed by atoms with E-state index in [2.05, 4.69) is 43.8 Å². The standard InChI is InChI=1S/C15H17BrINO3/c16-12-7-6-9(17)8-11(12)14(19)18-13-5-3-1-2-4-10(13)15(20)21/h6-8,10,13H,1-5H2,(H,18,19)(H,20,21). The van der Waals surface area contributed by atoms with Gasteiger partial charge in [-0.2, -0.15) is 0 Å². The second kappa shape index (κ2) is 7.58. The summed E-state index contributed by atoms with van der Waals surface area (Å²) in [6.07, 6.45) is 4.26. The molecule has 4 nitrogen and oxygen atoms in total. The highest BCUT2D eigenvalue weighted by molar-refractivity contribution is 14.1. The van der Waals surface area contributed by atoms with Crippen LogP contribution >= 0.6 is 38.5 Å². The molecule has 1 aliphatic carbocycles. The number of amides is 1. The molecule has 0 aliphatic heterocycles. The first-order chi connectivity index (χ1) is 9.99. The van der Waals surface area contributed by atoms with Gasteiger partial charge in [-0.15, -0.1) is 0 Å². The first kappa shape index (κ1) is 16.7. The molecule has 0 radical (unpaired) electrons. The minimum atomic E-state index is -0.816. The Morgan fingerprint density at radius 1 is 1.24 bits per heavy atom. The maximum atomic E-state index is 12.4. The number of benzene rings is 1. The van der Waals surface area contributed by atoms with E-state index in [1.807, 2.05) is 12.1 Å². The van der Waals surface area contributed by atoms with Gasteiger partial charge in [-0.1, -0.05) is 19.3 Å². The molecule has 1 fully saturated rings. The van der Waals surface area contributed by atoms with Crippen LogP contribution in [0.1, 0.15) is 42.5 Å². The molecule has 0 saturated heterocycles. The van der Waals surface area contributed by atoms with Crippen molar-refractivity contribution in [2.75, 3.05) is 0 Å². The van der Waals surface area contributed by atoms with Gasteiger partial charge in [0.1, 0.15) is 0 Å². The van der Waals surface area contributed by atoms with Crippen molar-refractivity contribution in [3.05, 3.63) is 31.8 Å². The number of hydrogen-bond donors (Lipinski definition) is 2. The van der Waals surface area contributed by atoms with Gasteiger partial charge in [0.2, 0.25) is 0 Å². The smallest absolute Gasteiger partial charge is 0.308 e. The Hall–Kier alpha value is -0.630. The number of nitrogens with one attached hydrogen (secondary N) is 1. The van der Waals surface area contributed by atoms with Crippen LogP contribution in [0.15, 0.2) is 22.7 Å². The highest BCUT2D eigenvalue weighted by atomic mass is 127. The molecule has 0 aromatic heterocycles. The van der Waals surface area contributed by atoms with E-state index in [0.717, 1.165) is 33.7 Å². The molecule has 2 atom stereocenters. The highest BCUT2D eigenvalue weighted by Crippen LogP contribution is 2.25. The summed E-state index contributed by atoms with van der Waals surface area (Å²) in [5, 5.41) is 12.3. The molecule has 6 heteroatoms. The molecule has 21 heavy (non-hydrogen) atoms. The summed E-state index contributed by atoms with van der Waals surface area (Å²) in [5.41, 5.74) is 0.551. The molecule has 1 aromatic carbocycles. The highest BCUT2D eigenvalue weighted by Gasteiger charge is 2.31. The number of halogens is 2. The van der Waals surface area contributed by atoms with E-state index in [-0.39, 0.29) is 11.9 Å². The predicted molar refractivity (Wildman–Crippen MR) is 92.3 cm³/mol. The van der Waals surface area contributed by atoms with Crippen LogP contribution in [0.5, 0.6) is 0 Å². The number of aliphatic carboxylic acids is 1. The molecule has 2 rings (SSSR count). The van der Waals surface area contributed by atoms with Gasteiger partial charge >= 0.3 is 5.97 Å². The molecule has 1 aliphatic rings. The third-order valence-corrected chi connectivity index (χ3v) is 5.19. The number of carbonyl (C=O) groups excluding carboxylic acids is 1. The van der Waals surface area contributed by atoms with Crippen molar-refractivity contribution in [1.29, 1.82) is 0 Å². The summed E-state index contributed by atoms with van der Waals surface area (Å²) in [6.45, 7) is 0. The molecule has 2 N–H and O–H groups in total. The molecular weight excluding hydrogens is 449 g/mol. The number of carboxylic acids is 1. The number of hydrogen-bond acceptors (Lipinski definition) is 2. The maximum Gasteiger partial charge on any atom is 0.308 e. The van der Waals surface area contributed by atoms with E-state index in [1.165, 1.54) is 0 Å². The van der Waals surface area contributed by atoms with Gasteiger partial charge < -0.3 is 10.4 Å². The normalized spacial score (nSPS) is 22.4. The summed E-state index contributed by atoms with van der Waals surface area (Å²) in [7, 11) is 0. The van der Waals surface area contributed by atoms with Crippen molar-refractivity contribution in [3.8, 4) is 0 Å². The molecule has 0 spiro atoms. The second-order valence-corrected chi connectivity index (χ2v) is 7.39. The maximum absolute atomic E-state index is 12.4. The van der Waals surface area contributed by atoms with E-state index in [9.17, 15) is 14.7 Å². The van der Waals surface area contributed by atoms with Crippen molar-refractivity contribution in [2.24, 2.45) is 5.92 Å². The van der Waals surface area contributed by atoms with Crippen molar-refractivity contribution < 1.29 is 14.7 Å². The van der Waals surface area contributed by atoms with Crippen LogP contribution in [-0.4, -0.2) is 23.0 Å². The fourth-order valence-corrected chi connectivity index (χ4v) is 3.61.